The summed E-state index contributed by atoms with van der Waals surface area (Å²) in [4.78, 5) is 21.9. The van der Waals surface area contributed by atoms with Crippen molar-refractivity contribution in [3.05, 3.63) is 76.0 Å². The van der Waals surface area contributed by atoms with Crippen LogP contribution in [-0.4, -0.2) is 45.3 Å². The van der Waals surface area contributed by atoms with E-state index in [0.29, 0.717) is 23.5 Å². The van der Waals surface area contributed by atoms with Gasteiger partial charge in [0.1, 0.15) is 23.4 Å². The average Bonchev–Trinajstić information content (AvgIpc) is 3.36. The SMILES string of the molecule is CCn1nc(-c2ccccn2)c2c1NCCSC2c1ccc(C(=O)NC2=NCC(C)=C2C#N)cc1C. The van der Waals surface area contributed by atoms with Gasteiger partial charge in [0.05, 0.1) is 23.1 Å². The molecule has 2 aliphatic heterocycles. The van der Waals surface area contributed by atoms with Crippen molar-refractivity contribution in [2.45, 2.75) is 32.6 Å². The highest BCUT2D eigenvalue weighted by Crippen LogP contribution is 2.46. The number of amides is 1. The van der Waals surface area contributed by atoms with Crippen LogP contribution in [0.4, 0.5) is 5.82 Å². The van der Waals surface area contributed by atoms with Crippen molar-refractivity contribution in [1.82, 2.24) is 20.1 Å². The Bertz CT molecular complexity index is 1430. The van der Waals surface area contributed by atoms with Crippen LogP contribution in [-0.2, 0) is 6.54 Å². The Labute approximate surface area is 214 Å². The zero-order chi connectivity index (χ0) is 25.2. The number of pyridine rings is 1. The first-order valence-electron chi connectivity index (χ1n) is 12.0. The second-order valence-electron chi connectivity index (χ2n) is 8.78. The number of amidine groups is 1. The first-order chi connectivity index (χ1) is 17.5. The number of aliphatic imine (C=N–C) groups is 1. The molecule has 0 fully saturated rings. The van der Waals surface area contributed by atoms with Crippen LogP contribution in [0.2, 0.25) is 0 Å². The maximum atomic E-state index is 13.0. The minimum absolute atomic E-state index is 0.0411. The number of benzene rings is 1. The van der Waals surface area contributed by atoms with E-state index in [-0.39, 0.29) is 11.2 Å². The van der Waals surface area contributed by atoms with Gasteiger partial charge in [-0.3, -0.25) is 14.8 Å². The normalized spacial score (nSPS) is 17.1. The Morgan fingerprint density at radius 3 is 2.89 bits per heavy atom. The first kappa shape index (κ1) is 23.8. The van der Waals surface area contributed by atoms with Gasteiger partial charge in [-0.1, -0.05) is 12.1 Å². The number of hydrogen-bond donors (Lipinski definition) is 2. The maximum Gasteiger partial charge on any atom is 0.256 e. The van der Waals surface area contributed by atoms with Crippen molar-refractivity contribution in [3.8, 4) is 17.5 Å². The van der Waals surface area contributed by atoms with E-state index in [1.165, 1.54) is 0 Å². The smallest absolute Gasteiger partial charge is 0.256 e. The highest BCUT2D eigenvalue weighted by Gasteiger charge is 2.31. The van der Waals surface area contributed by atoms with E-state index in [1.807, 2.05) is 66.7 Å². The number of aryl methyl sites for hydroxylation is 2. The number of nitrogens with zero attached hydrogens (tertiary/aromatic N) is 5. The minimum atomic E-state index is -0.269. The number of thioether (sulfide) groups is 1. The summed E-state index contributed by atoms with van der Waals surface area (Å²) in [5, 5.41) is 20.7. The van der Waals surface area contributed by atoms with Crippen molar-refractivity contribution in [2.24, 2.45) is 4.99 Å². The van der Waals surface area contributed by atoms with Crippen molar-refractivity contribution in [3.63, 3.8) is 0 Å². The van der Waals surface area contributed by atoms with Gasteiger partial charge in [0.15, 0.2) is 0 Å². The van der Waals surface area contributed by atoms with Crippen LogP contribution >= 0.6 is 11.8 Å². The molecule has 2 N–H and O–H groups in total. The first-order valence-corrected chi connectivity index (χ1v) is 13.0. The highest BCUT2D eigenvalue weighted by atomic mass is 32.2. The molecule has 1 unspecified atom stereocenters. The van der Waals surface area contributed by atoms with Gasteiger partial charge >= 0.3 is 0 Å². The van der Waals surface area contributed by atoms with Crippen LogP contribution in [0.1, 0.15) is 46.1 Å². The number of hydrogen-bond acceptors (Lipinski definition) is 7. The molecule has 1 aromatic carbocycles. The molecule has 0 bridgehead atoms. The molecule has 0 radical (unpaired) electrons. The second-order valence-corrected chi connectivity index (χ2v) is 9.99. The molecule has 36 heavy (non-hydrogen) atoms. The monoisotopic (exact) mass is 497 g/mol. The maximum absolute atomic E-state index is 13.0. The van der Waals surface area contributed by atoms with Crippen LogP contribution in [0.3, 0.4) is 0 Å². The molecular formula is C27H27N7OS. The molecule has 0 saturated heterocycles. The summed E-state index contributed by atoms with van der Waals surface area (Å²) in [6.45, 7) is 8.01. The Balaban J connectivity index is 1.51. The summed E-state index contributed by atoms with van der Waals surface area (Å²) in [6.07, 6.45) is 1.79. The molecule has 8 nitrogen and oxygen atoms in total. The number of aromatic nitrogens is 3. The molecule has 182 valence electrons. The van der Waals surface area contributed by atoms with E-state index in [9.17, 15) is 10.1 Å². The van der Waals surface area contributed by atoms with Gasteiger partial charge in [0.25, 0.3) is 5.91 Å². The van der Waals surface area contributed by atoms with E-state index < -0.39 is 0 Å². The fourth-order valence-electron chi connectivity index (χ4n) is 4.61. The lowest BCUT2D eigenvalue weighted by atomic mass is 9.96. The van der Waals surface area contributed by atoms with Crippen LogP contribution in [0, 0.1) is 18.3 Å². The quantitative estimate of drug-likeness (QED) is 0.549. The molecule has 2 aromatic heterocycles. The Hall–Kier alpha value is -3.90. The van der Waals surface area contributed by atoms with E-state index in [1.54, 1.807) is 6.20 Å². The Kier molecular flexibility index (Phi) is 6.61. The fraction of sp³-hybridized carbons (Fsp3) is 0.296. The highest BCUT2D eigenvalue weighted by molar-refractivity contribution is 7.99. The summed E-state index contributed by atoms with van der Waals surface area (Å²) >= 11 is 1.87. The van der Waals surface area contributed by atoms with Gasteiger partial charge < -0.3 is 10.6 Å². The number of anilines is 1. The second kappa shape index (κ2) is 9.99. The molecular weight excluding hydrogens is 470 g/mol. The largest absolute Gasteiger partial charge is 0.369 e. The number of carbonyl (C=O) groups excluding carboxylic acids is 1. The van der Waals surface area contributed by atoms with Crippen LogP contribution < -0.4 is 10.6 Å². The van der Waals surface area contributed by atoms with Gasteiger partial charge in [-0.05, 0) is 61.7 Å². The van der Waals surface area contributed by atoms with E-state index >= 15 is 0 Å². The number of carbonyl (C=O) groups is 1. The summed E-state index contributed by atoms with van der Waals surface area (Å²) in [6, 6.07) is 13.8. The Morgan fingerprint density at radius 2 is 2.17 bits per heavy atom. The Morgan fingerprint density at radius 1 is 1.31 bits per heavy atom. The van der Waals surface area contributed by atoms with Gasteiger partial charge in [-0.25, -0.2) is 4.68 Å². The molecule has 0 aliphatic carbocycles. The molecule has 3 aromatic rings. The minimum Gasteiger partial charge on any atom is -0.369 e. The third-order valence-corrected chi connectivity index (χ3v) is 7.70. The summed E-state index contributed by atoms with van der Waals surface area (Å²) in [5.74, 6) is 2.05. The van der Waals surface area contributed by atoms with Gasteiger partial charge in [-0.15, -0.1) is 11.8 Å². The predicted octanol–water partition coefficient (Wildman–Crippen LogP) is 4.50. The van der Waals surface area contributed by atoms with Crippen LogP contribution in [0.25, 0.3) is 11.4 Å². The topological polar surface area (TPSA) is 108 Å². The third-order valence-electron chi connectivity index (χ3n) is 6.43. The summed E-state index contributed by atoms with van der Waals surface area (Å²) in [5.41, 5.74) is 6.85. The van der Waals surface area contributed by atoms with E-state index in [2.05, 4.69) is 33.6 Å². The molecule has 5 rings (SSSR count). The van der Waals surface area contributed by atoms with Crippen LogP contribution in [0.15, 0.2) is 58.7 Å². The zero-order valence-corrected chi connectivity index (χ0v) is 21.3. The van der Waals surface area contributed by atoms with Crippen LogP contribution in [0.5, 0.6) is 0 Å². The average molecular weight is 498 g/mol. The number of rotatable bonds is 4. The van der Waals surface area contributed by atoms with Crippen molar-refractivity contribution in [2.75, 3.05) is 24.2 Å². The fourth-order valence-corrected chi connectivity index (χ4v) is 5.89. The van der Waals surface area contributed by atoms with Gasteiger partial charge in [-0.2, -0.15) is 10.4 Å². The van der Waals surface area contributed by atoms with E-state index in [4.69, 9.17) is 5.10 Å². The molecule has 2 aliphatic rings. The third kappa shape index (κ3) is 4.29. The van der Waals surface area contributed by atoms with E-state index in [0.717, 1.165) is 58.3 Å². The number of fused-ring (bicyclic) bond motifs is 1. The lowest BCUT2D eigenvalue weighted by Gasteiger charge is -2.19. The molecule has 0 spiro atoms. The summed E-state index contributed by atoms with van der Waals surface area (Å²) < 4.78 is 2.01. The van der Waals surface area contributed by atoms with Crippen molar-refractivity contribution < 1.29 is 4.79 Å². The molecule has 0 saturated carbocycles. The molecule has 1 atom stereocenters. The lowest BCUT2D eigenvalue weighted by molar-refractivity contribution is 0.0977. The molecule has 1 amide bonds. The number of nitrogens with one attached hydrogen (secondary N) is 2. The van der Waals surface area contributed by atoms with Crippen molar-refractivity contribution >= 4 is 29.3 Å². The zero-order valence-electron chi connectivity index (χ0n) is 20.5. The standard InChI is InChI=1S/C27H27N7OS/c1-4-34-26-22(23(33-34)21-7-5-6-10-29-21)24(36-12-11-30-26)19-9-8-18(13-16(19)2)27(35)32-25-20(14-28)17(3)15-31-25/h5-10,13,24,30H,4,11-12,15H2,1-3H3,(H,31,32,35). The molecule has 9 heteroatoms. The lowest BCUT2D eigenvalue weighted by Crippen LogP contribution is -2.30. The summed E-state index contributed by atoms with van der Waals surface area (Å²) in [7, 11) is 0. The van der Waals surface area contributed by atoms with Gasteiger partial charge in [0, 0.05) is 36.2 Å². The molecule has 4 heterocycles. The predicted molar refractivity (Wildman–Crippen MR) is 143 cm³/mol. The van der Waals surface area contributed by atoms with Gasteiger partial charge in [0.2, 0.25) is 0 Å². The van der Waals surface area contributed by atoms with Crippen molar-refractivity contribution in [1.29, 1.82) is 5.26 Å². The number of nitriles is 1.